The van der Waals surface area contributed by atoms with E-state index in [2.05, 4.69) is 10.6 Å². The van der Waals surface area contributed by atoms with Crippen molar-refractivity contribution in [2.24, 2.45) is 5.92 Å². The second-order valence-electron chi connectivity index (χ2n) is 4.07. The third-order valence-electron chi connectivity index (χ3n) is 2.57. The zero-order chi connectivity index (χ0) is 10.9. The van der Waals surface area contributed by atoms with Crippen molar-refractivity contribution in [3.63, 3.8) is 0 Å². The zero-order valence-electron chi connectivity index (χ0n) is 9.96. The lowest BCUT2D eigenvalue weighted by Crippen LogP contribution is -2.39. The summed E-state index contributed by atoms with van der Waals surface area (Å²) < 4.78 is 5.16. The van der Waals surface area contributed by atoms with Gasteiger partial charge in [-0.15, -0.1) is 12.4 Å². The molecule has 96 valence electrons. The number of amides is 1. The number of halogens is 1. The Kier molecular flexibility index (Phi) is 9.68. The number of carbonyl (C=O) groups is 1. The Morgan fingerprint density at radius 2 is 2.38 bits per heavy atom. The molecule has 4 nitrogen and oxygen atoms in total. The van der Waals surface area contributed by atoms with Gasteiger partial charge in [-0.3, -0.25) is 4.79 Å². The Morgan fingerprint density at radius 1 is 1.56 bits per heavy atom. The fourth-order valence-electron chi connectivity index (χ4n) is 1.72. The third kappa shape index (κ3) is 7.04. The summed E-state index contributed by atoms with van der Waals surface area (Å²) in [6.45, 7) is 5.82. The normalized spacial score (nSPS) is 19.9. The first-order chi connectivity index (χ1) is 7.33. The minimum absolute atomic E-state index is 0. The van der Waals surface area contributed by atoms with Crippen LogP contribution in [0.5, 0.6) is 0 Å². The van der Waals surface area contributed by atoms with Crippen molar-refractivity contribution in [1.29, 1.82) is 0 Å². The fraction of sp³-hybridized carbons (Fsp3) is 0.909. The summed E-state index contributed by atoms with van der Waals surface area (Å²) in [5.41, 5.74) is 0. The van der Waals surface area contributed by atoms with E-state index < -0.39 is 0 Å². The Morgan fingerprint density at radius 3 is 3.00 bits per heavy atom. The van der Waals surface area contributed by atoms with Gasteiger partial charge in [0.1, 0.15) is 6.61 Å². The highest BCUT2D eigenvalue weighted by atomic mass is 35.5. The number of rotatable bonds is 6. The second-order valence-corrected chi connectivity index (χ2v) is 4.07. The molecule has 2 N–H and O–H groups in total. The number of piperidine rings is 1. The fourth-order valence-corrected chi connectivity index (χ4v) is 1.72. The lowest BCUT2D eigenvalue weighted by atomic mass is 10.00. The van der Waals surface area contributed by atoms with Crippen LogP contribution in [0.1, 0.15) is 26.2 Å². The first kappa shape index (κ1) is 15.7. The van der Waals surface area contributed by atoms with E-state index >= 15 is 0 Å². The predicted octanol–water partition coefficient (Wildman–Crippen LogP) is 0.951. The van der Waals surface area contributed by atoms with Crippen molar-refractivity contribution < 1.29 is 9.53 Å². The smallest absolute Gasteiger partial charge is 0.246 e. The molecule has 0 aromatic rings. The zero-order valence-corrected chi connectivity index (χ0v) is 10.8. The average Bonchev–Trinajstić information content (AvgIpc) is 2.28. The van der Waals surface area contributed by atoms with Crippen LogP contribution in [0.3, 0.4) is 0 Å². The van der Waals surface area contributed by atoms with Crippen molar-refractivity contribution in [3.05, 3.63) is 0 Å². The molecular formula is C11H23ClN2O2. The van der Waals surface area contributed by atoms with Crippen molar-refractivity contribution in [3.8, 4) is 0 Å². The SMILES string of the molecule is CCCOCC(=O)NCC1CCCNC1.Cl. The number of hydrogen-bond donors (Lipinski definition) is 2. The average molecular weight is 251 g/mol. The van der Waals surface area contributed by atoms with Gasteiger partial charge in [0.25, 0.3) is 0 Å². The van der Waals surface area contributed by atoms with E-state index in [0.29, 0.717) is 12.5 Å². The molecule has 1 aliphatic heterocycles. The van der Waals surface area contributed by atoms with Gasteiger partial charge in [-0.25, -0.2) is 0 Å². The van der Waals surface area contributed by atoms with Crippen LogP contribution in [0, 0.1) is 5.92 Å². The van der Waals surface area contributed by atoms with Crippen molar-refractivity contribution >= 4 is 18.3 Å². The molecule has 0 bridgehead atoms. The highest BCUT2D eigenvalue weighted by Crippen LogP contribution is 2.07. The van der Waals surface area contributed by atoms with Crippen molar-refractivity contribution in [1.82, 2.24) is 10.6 Å². The molecule has 1 rings (SSSR count). The molecular weight excluding hydrogens is 228 g/mol. The molecule has 0 spiro atoms. The van der Waals surface area contributed by atoms with E-state index in [1.165, 1.54) is 12.8 Å². The molecule has 1 amide bonds. The molecule has 1 unspecified atom stereocenters. The monoisotopic (exact) mass is 250 g/mol. The van der Waals surface area contributed by atoms with E-state index in [-0.39, 0.29) is 24.9 Å². The Hall–Kier alpha value is -0.320. The molecule has 1 heterocycles. The summed E-state index contributed by atoms with van der Waals surface area (Å²) in [7, 11) is 0. The summed E-state index contributed by atoms with van der Waals surface area (Å²) in [5.74, 6) is 0.600. The second kappa shape index (κ2) is 9.87. The van der Waals surface area contributed by atoms with E-state index in [9.17, 15) is 4.79 Å². The summed E-state index contributed by atoms with van der Waals surface area (Å²) >= 11 is 0. The Bertz CT molecular complexity index is 185. The maximum absolute atomic E-state index is 11.3. The van der Waals surface area contributed by atoms with Crippen molar-refractivity contribution in [2.45, 2.75) is 26.2 Å². The van der Waals surface area contributed by atoms with Crippen LogP contribution < -0.4 is 10.6 Å². The maximum atomic E-state index is 11.3. The summed E-state index contributed by atoms with van der Waals surface area (Å²) in [6, 6.07) is 0. The maximum Gasteiger partial charge on any atom is 0.246 e. The quantitative estimate of drug-likeness (QED) is 0.691. The van der Waals surface area contributed by atoms with Crippen LogP contribution in [0.15, 0.2) is 0 Å². The molecule has 0 aromatic heterocycles. The van der Waals surface area contributed by atoms with E-state index in [1.807, 2.05) is 6.92 Å². The molecule has 0 aromatic carbocycles. The molecule has 0 radical (unpaired) electrons. The van der Waals surface area contributed by atoms with Gasteiger partial charge in [0.05, 0.1) is 0 Å². The number of hydrogen-bond acceptors (Lipinski definition) is 3. The largest absolute Gasteiger partial charge is 0.372 e. The van der Waals surface area contributed by atoms with Gasteiger partial charge < -0.3 is 15.4 Å². The third-order valence-corrected chi connectivity index (χ3v) is 2.57. The van der Waals surface area contributed by atoms with Crippen LogP contribution in [-0.2, 0) is 9.53 Å². The van der Waals surface area contributed by atoms with Crippen LogP contribution in [0.25, 0.3) is 0 Å². The minimum Gasteiger partial charge on any atom is -0.372 e. The summed E-state index contributed by atoms with van der Waals surface area (Å²) in [5, 5.41) is 6.24. The predicted molar refractivity (Wildman–Crippen MR) is 67.0 cm³/mol. The topological polar surface area (TPSA) is 50.4 Å². The Labute approximate surface area is 104 Å². The number of ether oxygens (including phenoxy) is 1. The molecule has 16 heavy (non-hydrogen) atoms. The lowest BCUT2D eigenvalue weighted by molar-refractivity contribution is -0.125. The minimum atomic E-state index is 0. The summed E-state index contributed by atoms with van der Waals surface area (Å²) in [4.78, 5) is 11.3. The molecule has 1 fully saturated rings. The van der Waals surface area contributed by atoms with Gasteiger partial charge >= 0.3 is 0 Å². The molecule has 1 aliphatic rings. The summed E-state index contributed by atoms with van der Waals surface area (Å²) in [6.07, 6.45) is 3.38. The molecule has 0 saturated carbocycles. The van der Waals surface area contributed by atoms with Crippen LogP contribution in [-0.4, -0.2) is 38.8 Å². The molecule has 5 heteroatoms. The Balaban J connectivity index is 0.00000225. The van der Waals surface area contributed by atoms with Gasteiger partial charge in [0.15, 0.2) is 0 Å². The first-order valence-corrected chi connectivity index (χ1v) is 5.88. The van der Waals surface area contributed by atoms with Crippen LogP contribution in [0.2, 0.25) is 0 Å². The molecule has 0 aliphatic carbocycles. The van der Waals surface area contributed by atoms with Gasteiger partial charge in [-0.2, -0.15) is 0 Å². The number of carbonyl (C=O) groups excluding carboxylic acids is 1. The highest BCUT2D eigenvalue weighted by Gasteiger charge is 2.13. The number of nitrogens with one attached hydrogen (secondary N) is 2. The molecule has 1 atom stereocenters. The van der Waals surface area contributed by atoms with E-state index in [1.54, 1.807) is 0 Å². The lowest BCUT2D eigenvalue weighted by Gasteiger charge is -2.22. The molecule has 1 saturated heterocycles. The van der Waals surface area contributed by atoms with Gasteiger partial charge in [-0.05, 0) is 38.3 Å². The van der Waals surface area contributed by atoms with Gasteiger partial charge in [0.2, 0.25) is 5.91 Å². The van der Waals surface area contributed by atoms with E-state index in [4.69, 9.17) is 4.74 Å². The van der Waals surface area contributed by atoms with Gasteiger partial charge in [-0.1, -0.05) is 6.92 Å². The highest BCUT2D eigenvalue weighted by molar-refractivity contribution is 5.85. The first-order valence-electron chi connectivity index (χ1n) is 5.88. The van der Waals surface area contributed by atoms with Gasteiger partial charge in [0, 0.05) is 13.2 Å². The van der Waals surface area contributed by atoms with Crippen molar-refractivity contribution in [2.75, 3.05) is 32.8 Å². The van der Waals surface area contributed by atoms with Crippen LogP contribution >= 0.6 is 12.4 Å². The van der Waals surface area contributed by atoms with Crippen LogP contribution in [0.4, 0.5) is 0 Å². The van der Waals surface area contributed by atoms with E-state index in [0.717, 1.165) is 26.1 Å². The standard InChI is InChI=1S/C11H22N2O2.ClH/c1-2-6-15-9-11(14)13-8-10-4-3-5-12-7-10;/h10,12H,2-9H2,1H3,(H,13,14);1H.